The zero-order chi connectivity index (χ0) is 12.3. The van der Waals surface area contributed by atoms with Crippen molar-refractivity contribution in [2.75, 3.05) is 13.7 Å². The second-order valence-corrected chi connectivity index (χ2v) is 5.44. The highest BCUT2D eigenvalue weighted by atomic mass is 16.5. The maximum Gasteiger partial charge on any atom is 0.119 e. The number of hydrogen-bond acceptors (Lipinski definition) is 2. The van der Waals surface area contributed by atoms with Gasteiger partial charge in [-0.3, -0.25) is 0 Å². The van der Waals surface area contributed by atoms with E-state index in [4.69, 9.17) is 4.74 Å². The topological polar surface area (TPSA) is 21.3 Å². The van der Waals surface area contributed by atoms with E-state index < -0.39 is 0 Å². The SMILES string of the molecule is COc1cccc(C2(CC(C)C)CCCN2)c1. The Kier molecular flexibility index (Phi) is 3.72. The van der Waals surface area contributed by atoms with Crippen molar-refractivity contribution in [3.8, 4) is 5.75 Å². The van der Waals surface area contributed by atoms with Gasteiger partial charge in [0.25, 0.3) is 0 Å². The molecule has 0 amide bonds. The van der Waals surface area contributed by atoms with Gasteiger partial charge in [0, 0.05) is 5.54 Å². The van der Waals surface area contributed by atoms with E-state index in [1.54, 1.807) is 7.11 Å². The molecule has 94 valence electrons. The van der Waals surface area contributed by atoms with E-state index >= 15 is 0 Å². The minimum absolute atomic E-state index is 0.169. The Balaban J connectivity index is 2.31. The molecule has 1 aliphatic heterocycles. The summed E-state index contributed by atoms with van der Waals surface area (Å²) in [4.78, 5) is 0. The molecule has 1 N–H and O–H groups in total. The Morgan fingerprint density at radius 2 is 2.24 bits per heavy atom. The fourth-order valence-electron chi connectivity index (χ4n) is 2.96. The summed E-state index contributed by atoms with van der Waals surface area (Å²) in [5.74, 6) is 1.66. The van der Waals surface area contributed by atoms with Crippen LogP contribution >= 0.6 is 0 Å². The van der Waals surface area contributed by atoms with Crippen LogP contribution in [0.25, 0.3) is 0 Å². The van der Waals surface area contributed by atoms with Gasteiger partial charge in [-0.2, -0.15) is 0 Å². The van der Waals surface area contributed by atoms with Crippen LogP contribution in [0.15, 0.2) is 24.3 Å². The molecule has 0 spiro atoms. The monoisotopic (exact) mass is 233 g/mol. The van der Waals surface area contributed by atoms with Crippen LogP contribution in [0.4, 0.5) is 0 Å². The molecule has 2 heteroatoms. The van der Waals surface area contributed by atoms with Gasteiger partial charge in [0.1, 0.15) is 5.75 Å². The Morgan fingerprint density at radius 1 is 1.41 bits per heavy atom. The zero-order valence-electron chi connectivity index (χ0n) is 11.1. The molecule has 0 aliphatic carbocycles. The second-order valence-electron chi connectivity index (χ2n) is 5.44. The van der Waals surface area contributed by atoms with Crippen molar-refractivity contribution in [1.29, 1.82) is 0 Å². The number of ether oxygens (including phenoxy) is 1. The number of benzene rings is 1. The molecule has 1 heterocycles. The van der Waals surface area contributed by atoms with E-state index in [0.717, 1.165) is 12.3 Å². The summed E-state index contributed by atoms with van der Waals surface area (Å²) in [5.41, 5.74) is 1.55. The third-order valence-electron chi connectivity index (χ3n) is 3.62. The van der Waals surface area contributed by atoms with Crippen LogP contribution in [0, 0.1) is 5.92 Å². The molecule has 0 bridgehead atoms. The molecule has 0 aromatic heterocycles. The van der Waals surface area contributed by atoms with Crippen molar-refractivity contribution in [3.05, 3.63) is 29.8 Å². The summed E-state index contributed by atoms with van der Waals surface area (Å²) < 4.78 is 5.34. The number of nitrogens with one attached hydrogen (secondary N) is 1. The van der Waals surface area contributed by atoms with Crippen LogP contribution in [0.2, 0.25) is 0 Å². The lowest BCUT2D eigenvalue weighted by atomic mass is 9.81. The molecular formula is C15H23NO. The molecular weight excluding hydrogens is 210 g/mol. The van der Waals surface area contributed by atoms with Gasteiger partial charge >= 0.3 is 0 Å². The Labute approximate surface area is 104 Å². The van der Waals surface area contributed by atoms with Gasteiger partial charge in [0.15, 0.2) is 0 Å². The molecule has 1 fully saturated rings. The molecule has 1 aromatic rings. The molecule has 1 aliphatic rings. The van der Waals surface area contributed by atoms with Crippen molar-refractivity contribution in [2.24, 2.45) is 5.92 Å². The van der Waals surface area contributed by atoms with Crippen molar-refractivity contribution < 1.29 is 4.74 Å². The fourth-order valence-corrected chi connectivity index (χ4v) is 2.96. The van der Waals surface area contributed by atoms with Crippen LogP contribution in [-0.4, -0.2) is 13.7 Å². The summed E-state index contributed by atoms with van der Waals surface area (Å²) >= 11 is 0. The first-order valence-electron chi connectivity index (χ1n) is 6.56. The van der Waals surface area contributed by atoms with Crippen LogP contribution in [0.3, 0.4) is 0 Å². The Morgan fingerprint density at radius 3 is 2.82 bits per heavy atom. The first kappa shape index (κ1) is 12.4. The molecule has 1 unspecified atom stereocenters. The van der Waals surface area contributed by atoms with Crippen LogP contribution in [0.5, 0.6) is 5.75 Å². The predicted molar refractivity (Wildman–Crippen MR) is 71.4 cm³/mol. The first-order valence-corrected chi connectivity index (χ1v) is 6.56. The van der Waals surface area contributed by atoms with E-state index in [2.05, 4.69) is 37.4 Å². The summed E-state index contributed by atoms with van der Waals surface area (Å²) in [5, 5.41) is 3.71. The van der Waals surface area contributed by atoms with Crippen LogP contribution < -0.4 is 10.1 Å². The Bertz CT molecular complexity index is 367. The maximum atomic E-state index is 5.34. The van der Waals surface area contributed by atoms with Gasteiger partial charge in [-0.1, -0.05) is 26.0 Å². The molecule has 1 saturated heterocycles. The van der Waals surface area contributed by atoms with Crippen molar-refractivity contribution in [2.45, 2.75) is 38.6 Å². The molecule has 1 atom stereocenters. The molecule has 0 radical (unpaired) electrons. The second kappa shape index (κ2) is 5.09. The minimum Gasteiger partial charge on any atom is -0.497 e. The zero-order valence-corrected chi connectivity index (χ0v) is 11.1. The lowest BCUT2D eigenvalue weighted by molar-refractivity contribution is 0.309. The highest BCUT2D eigenvalue weighted by Gasteiger charge is 2.35. The third-order valence-corrected chi connectivity index (χ3v) is 3.62. The van der Waals surface area contributed by atoms with Gasteiger partial charge in [0.2, 0.25) is 0 Å². The highest BCUT2D eigenvalue weighted by Crippen LogP contribution is 2.37. The van der Waals surface area contributed by atoms with Crippen molar-refractivity contribution in [3.63, 3.8) is 0 Å². The van der Waals surface area contributed by atoms with Crippen molar-refractivity contribution in [1.82, 2.24) is 5.32 Å². The van der Waals surface area contributed by atoms with Gasteiger partial charge in [-0.25, -0.2) is 0 Å². The van der Waals surface area contributed by atoms with Crippen LogP contribution in [-0.2, 0) is 5.54 Å². The number of rotatable bonds is 4. The van der Waals surface area contributed by atoms with Crippen molar-refractivity contribution >= 4 is 0 Å². The summed E-state index contributed by atoms with van der Waals surface area (Å²) in [6.07, 6.45) is 3.70. The first-order chi connectivity index (χ1) is 8.16. The highest BCUT2D eigenvalue weighted by molar-refractivity contribution is 5.34. The fraction of sp³-hybridized carbons (Fsp3) is 0.600. The standard InChI is InChI=1S/C15H23NO/c1-12(2)11-15(8-5-9-16-15)13-6-4-7-14(10-13)17-3/h4,6-7,10,12,16H,5,8-9,11H2,1-3H3. The average Bonchev–Trinajstić information content (AvgIpc) is 2.78. The lowest BCUT2D eigenvalue weighted by Gasteiger charge is -2.32. The number of methoxy groups -OCH3 is 1. The molecule has 2 nitrogen and oxygen atoms in total. The largest absolute Gasteiger partial charge is 0.497 e. The van der Waals surface area contributed by atoms with Gasteiger partial charge in [-0.15, -0.1) is 0 Å². The summed E-state index contributed by atoms with van der Waals surface area (Å²) in [7, 11) is 1.73. The maximum absolute atomic E-state index is 5.34. The van der Waals surface area contributed by atoms with E-state index in [-0.39, 0.29) is 5.54 Å². The van der Waals surface area contributed by atoms with Gasteiger partial charge < -0.3 is 10.1 Å². The molecule has 2 rings (SSSR count). The van der Waals surface area contributed by atoms with Gasteiger partial charge in [-0.05, 0) is 49.4 Å². The Hall–Kier alpha value is -1.02. The lowest BCUT2D eigenvalue weighted by Crippen LogP contribution is -2.38. The summed E-state index contributed by atoms with van der Waals surface area (Å²) in [6.45, 7) is 5.72. The predicted octanol–water partition coefficient (Wildman–Crippen LogP) is 3.32. The third kappa shape index (κ3) is 2.63. The normalized spacial score (nSPS) is 24.2. The quantitative estimate of drug-likeness (QED) is 0.861. The molecule has 0 saturated carbocycles. The average molecular weight is 233 g/mol. The van der Waals surface area contributed by atoms with E-state index in [9.17, 15) is 0 Å². The number of hydrogen-bond donors (Lipinski definition) is 1. The molecule has 17 heavy (non-hydrogen) atoms. The molecule has 1 aromatic carbocycles. The van der Waals surface area contributed by atoms with E-state index in [0.29, 0.717) is 5.92 Å². The van der Waals surface area contributed by atoms with E-state index in [1.165, 1.54) is 24.8 Å². The summed E-state index contributed by atoms with van der Waals surface area (Å²) in [6, 6.07) is 8.52. The van der Waals surface area contributed by atoms with Crippen LogP contribution in [0.1, 0.15) is 38.7 Å². The minimum atomic E-state index is 0.169. The van der Waals surface area contributed by atoms with E-state index in [1.807, 2.05) is 6.07 Å². The van der Waals surface area contributed by atoms with Gasteiger partial charge in [0.05, 0.1) is 7.11 Å². The smallest absolute Gasteiger partial charge is 0.119 e.